The Bertz CT molecular complexity index is 581. The standard InChI is InChI=1S/C11H11FN2O2/c12-8-2-1-3-9-10(8)14(11(15)16-9)7-4-5-13-6-7/h1-3,7,13H,4-6H2. The first-order valence-electron chi connectivity index (χ1n) is 5.27. The number of nitrogens with zero attached hydrogens (tertiary/aromatic N) is 1. The number of para-hydroxylation sites is 1. The summed E-state index contributed by atoms with van der Waals surface area (Å²) in [5, 5.41) is 3.15. The molecule has 1 aromatic carbocycles. The minimum absolute atomic E-state index is 0.00866. The van der Waals surface area contributed by atoms with Gasteiger partial charge in [-0.25, -0.2) is 9.18 Å². The SMILES string of the molecule is O=c1oc2cccc(F)c2n1C1CCNC1. The first-order chi connectivity index (χ1) is 7.77. The van der Waals surface area contributed by atoms with E-state index in [4.69, 9.17) is 4.42 Å². The van der Waals surface area contributed by atoms with E-state index in [0.717, 1.165) is 13.0 Å². The van der Waals surface area contributed by atoms with Gasteiger partial charge in [0.15, 0.2) is 11.4 Å². The number of hydrogen-bond acceptors (Lipinski definition) is 3. The molecule has 0 amide bonds. The second-order valence-electron chi connectivity index (χ2n) is 3.97. The van der Waals surface area contributed by atoms with E-state index in [0.29, 0.717) is 12.1 Å². The van der Waals surface area contributed by atoms with Gasteiger partial charge >= 0.3 is 5.76 Å². The summed E-state index contributed by atoms with van der Waals surface area (Å²) < 4.78 is 20.1. The summed E-state index contributed by atoms with van der Waals surface area (Å²) in [5.74, 6) is -0.885. The molecule has 0 radical (unpaired) electrons. The highest BCUT2D eigenvalue weighted by atomic mass is 19.1. The van der Waals surface area contributed by atoms with Crippen LogP contribution in [0.1, 0.15) is 12.5 Å². The molecule has 1 N–H and O–H groups in total. The number of rotatable bonds is 1. The van der Waals surface area contributed by atoms with E-state index in [9.17, 15) is 9.18 Å². The van der Waals surface area contributed by atoms with Crippen LogP contribution in [0.2, 0.25) is 0 Å². The third-order valence-corrected chi connectivity index (χ3v) is 2.98. The molecular formula is C11H11FN2O2. The average Bonchev–Trinajstić information content (AvgIpc) is 2.84. The molecule has 0 aliphatic carbocycles. The predicted octanol–water partition coefficient (Wildman–Crippen LogP) is 1.27. The molecule has 1 saturated heterocycles. The maximum absolute atomic E-state index is 13.7. The van der Waals surface area contributed by atoms with Crippen LogP contribution in [0.25, 0.3) is 11.1 Å². The van der Waals surface area contributed by atoms with E-state index in [1.54, 1.807) is 6.07 Å². The number of oxazole rings is 1. The summed E-state index contributed by atoms with van der Waals surface area (Å²) in [6, 6.07) is 4.48. The summed E-state index contributed by atoms with van der Waals surface area (Å²) in [4.78, 5) is 11.7. The van der Waals surface area contributed by atoms with E-state index in [1.807, 2.05) is 0 Å². The number of aromatic nitrogens is 1. The lowest BCUT2D eigenvalue weighted by molar-refractivity contribution is 0.457. The van der Waals surface area contributed by atoms with Crippen molar-refractivity contribution in [2.24, 2.45) is 0 Å². The van der Waals surface area contributed by atoms with Crippen molar-refractivity contribution in [3.05, 3.63) is 34.6 Å². The Balaban J connectivity index is 2.29. The summed E-state index contributed by atoms with van der Waals surface area (Å²) in [6.07, 6.45) is 0.822. The van der Waals surface area contributed by atoms with Gasteiger partial charge in [0, 0.05) is 6.54 Å². The van der Waals surface area contributed by atoms with Crippen molar-refractivity contribution < 1.29 is 8.81 Å². The molecule has 1 aromatic heterocycles. The topological polar surface area (TPSA) is 47.2 Å². The molecule has 0 saturated carbocycles. The normalized spacial score (nSPS) is 20.7. The third-order valence-electron chi connectivity index (χ3n) is 2.98. The maximum Gasteiger partial charge on any atom is 0.420 e. The van der Waals surface area contributed by atoms with E-state index < -0.39 is 11.6 Å². The van der Waals surface area contributed by atoms with Crippen molar-refractivity contribution in [3.8, 4) is 0 Å². The first kappa shape index (κ1) is 9.59. The predicted molar refractivity (Wildman–Crippen MR) is 57.0 cm³/mol. The molecular weight excluding hydrogens is 211 g/mol. The van der Waals surface area contributed by atoms with Gasteiger partial charge in [-0.15, -0.1) is 0 Å². The smallest absolute Gasteiger partial charge is 0.408 e. The molecule has 4 nitrogen and oxygen atoms in total. The average molecular weight is 222 g/mol. The van der Waals surface area contributed by atoms with Gasteiger partial charge in [0.05, 0.1) is 6.04 Å². The Morgan fingerprint density at radius 3 is 3.12 bits per heavy atom. The Labute approximate surface area is 90.7 Å². The molecule has 2 aromatic rings. The molecule has 1 unspecified atom stereocenters. The highest BCUT2D eigenvalue weighted by molar-refractivity contribution is 5.73. The Morgan fingerprint density at radius 1 is 1.50 bits per heavy atom. The molecule has 1 aliphatic rings. The lowest BCUT2D eigenvalue weighted by Crippen LogP contribution is -2.22. The summed E-state index contributed by atoms with van der Waals surface area (Å²) in [5.41, 5.74) is 0.595. The summed E-state index contributed by atoms with van der Waals surface area (Å²) >= 11 is 0. The molecule has 0 bridgehead atoms. The molecule has 0 spiro atoms. The number of halogens is 1. The van der Waals surface area contributed by atoms with Crippen LogP contribution in [-0.2, 0) is 0 Å². The van der Waals surface area contributed by atoms with Crippen LogP contribution in [0.15, 0.2) is 27.4 Å². The second kappa shape index (κ2) is 3.45. The van der Waals surface area contributed by atoms with Gasteiger partial charge in [-0.3, -0.25) is 4.57 Å². The van der Waals surface area contributed by atoms with E-state index in [1.165, 1.54) is 16.7 Å². The molecule has 16 heavy (non-hydrogen) atoms. The lowest BCUT2D eigenvalue weighted by atomic mass is 10.2. The Hall–Kier alpha value is -1.62. The van der Waals surface area contributed by atoms with Crippen LogP contribution < -0.4 is 11.1 Å². The van der Waals surface area contributed by atoms with Gasteiger partial charge in [0.1, 0.15) is 5.52 Å². The minimum Gasteiger partial charge on any atom is -0.408 e. The van der Waals surface area contributed by atoms with Gasteiger partial charge in [-0.1, -0.05) is 6.07 Å². The van der Waals surface area contributed by atoms with Crippen LogP contribution in [0.5, 0.6) is 0 Å². The van der Waals surface area contributed by atoms with Crippen LogP contribution in [0.4, 0.5) is 4.39 Å². The molecule has 3 rings (SSSR count). The molecule has 1 aliphatic heterocycles. The number of benzene rings is 1. The highest BCUT2D eigenvalue weighted by Crippen LogP contribution is 2.22. The van der Waals surface area contributed by atoms with E-state index >= 15 is 0 Å². The third kappa shape index (κ3) is 1.28. The number of fused-ring (bicyclic) bond motifs is 1. The van der Waals surface area contributed by atoms with Crippen LogP contribution in [-0.4, -0.2) is 17.7 Å². The molecule has 84 valence electrons. The second-order valence-corrected chi connectivity index (χ2v) is 3.97. The Kier molecular flexibility index (Phi) is 2.07. The first-order valence-corrected chi connectivity index (χ1v) is 5.27. The fourth-order valence-electron chi connectivity index (χ4n) is 2.24. The van der Waals surface area contributed by atoms with Crippen molar-refractivity contribution in [2.45, 2.75) is 12.5 Å². The van der Waals surface area contributed by atoms with Crippen molar-refractivity contribution in [3.63, 3.8) is 0 Å². The van der Waals surface area contributed by atoms with Crippen molar-refractivity contribution in [2.75, 3.05) is 13.1 Å². The van der Waals surface area contributed by atoms with Crippen LogP contribution in [0.3, 0.4) is 0 Å². The summed E-state index contributed by atoms with van der Waals surface area (Å²) in [7, 11) is 0. The highest BCUT2D eigenvalue weighted by Gasteiger charge is 2.23. The van der Waals surface area contributed by atoms with Crippen LogP contribution in [0, 0.1) is 5.82 Å². The molecule has 5 heteroatoms. The zero-order chi connectivity index (χ0) is 11.1. The van der Waals surface area contributed by atoms with Gasteiger partial charge in [0.2, 0.25) is 0 Å². The van der Waals surface area contributed by atoms with Gasteiger partial charge in [-0.05, 0) is 25.1 Å². The van der Waals surface area contributed by atoms with Crippen molar-refractivity contribution in [1.82, 2.24) is 9.88 Å². The number of hydrogen-bond donors (Lipinski definition) is 1. The molecule has 2 heterocycles. The zero-order valence-corrected chi connectivity index (χ0v) is 8.57. The minimum atomic E-state index is -0.478. The summed E-state index contributed by atoms with van der Waals surface area (Å²) in [6.45, 7) is 1.53. The van der Waals surface area contributed by atoms with E-state index in [2.05, 4.69) is 5.32 Å². The van der Waals surface area contributed by atoms with Crippen molar-refractivity contribution >= 4 is 11.1 Å². The Morgan fingerprint density at radius 2 is 2.38 bits per heavy atom. The quantitative estimate of drug-likeness (QED) is 0.790. The van der Waals surface area contributed by atoms with Crippen LogP contribution >= 0.6 is 0 Å². The number of nitrogens with one attached hydrogen (secondary N) is 1. The maximum atomic E-state index is 13.7. The lowest BCUT2D eigenvalue weighted by Gasteiger charge is -2.09. The molecule has 1 fully saturated rings. The fourth-order valence-corrected chi connectivity index (χ4v) is 2.24. The zero-order valence-electron chi connectivity index (χ0n) is 8.57. The van der Waals surface area contributed by atoms with Gasteiger partial charge in [-0.2, -0.15) is 0 Å². The largest absolute Gasteiger partial charge is 0.420 e. The van der Waals surface area contributed by atoms with Gasteiger partial charge < -0.3 is 9.73 Å². The fraction of sp³-hybridized carbons (Fsp3) is 0.364. The molecule has 1 atom stereocenters. The van der Waals surface area contributed by atoms with E-state index in [-0.39, 0.29) is 11.6 Å². The monoisotopic (exact) mass is 222 g/mol. The van der Waals surface area contributed by atoms with Crippen molar-refractivity contribution in [1.29, 1.82) is 0 Å². The van der Waals surface area contributed by atoms with Gasteiger partial charge in [0.25, 0.3) is 0 Å².